The zero-order valence-corrected chi connectivity index (χ0v) is 18.0. The lowest BCUT2D eigenvalue weighted by Gasteiger charge is -2.16. The fourth-order valence-electron chi connectivity index (χ4n) is 3.67. The van der Waals surface area contributed by atoms with Gasteiger partial charge < -0.3 is 4.90 Å². The summed E-state index contributed by atoms with van der Waals surface area (Å²) < 4.78 is 5.30. The molecule has 0 atom stereocenters. The largest absolute Gasteiger partial charge is 0.336 e. The normalized spacial score (nSPS) is 11.2. The van der Waals surface area contributed by atoms with Crippen molar-refractivity contribution in [2.75, 3.05) is 7.05 Å². The van der Waals surface area contributed by atoms with Gasteiger partial charge in [-0.3, -0.25) is 9.48 Å². The standard InChI is InChI=1S/C23H22N8O/c1-16-19(14-26-29(16)3)21-9-11-24-22-13-20(27-31(21)22)23(32)28(2)15-17-5-7-18(8-6-17)30-12-4-10-25-30/h4-14H,15H2,1-3H3. The van der Waals surface area contributed by atoms with Crippen molar-refractivity contribution in [3.05, 3.63) is 84.2 Å². The van der Waals surface area contributed by atoms with Gasteiger partial charge in [0.1, 0.15) is 0 Å². The molecule has 0 bridgehead atoms. The van der Waals surface area contributed by atoms with Gasteiger partial charge in [-0.2, -0.15) is 15.3 Å². The van der Waals surface area contributed by atoms with E-state index < -0.39 is 0 Å². The third-order valence-electron chi connectivity index (χ3n) is 5.56. The van der Waals surface area contributed by atoms with E-state index in [0.717, 1.165) is 28.2 Å². The summed E-state index contributed by atoms with van der Waals surface area (Å²) in [5, 5.41) is 13.1. The minimum absolute atomic E-state index is 0.166. The maximum atomic E-state index is 13.1. The van der Waals surface area contributed by atoms with E-state index in [2.05, 4.69) is 20.3 Å². The lowest BCUT2D eigenvalue weighted by molar-refractivity contribution is 0.0779. The summed E-state index contributed by atoms with van der Waals surface area (Å²) in [5.74, 6) is -0.166. The van der Waals surface area contributed by atoms with Crippen LogP contribution in [0.15, 0.2) is 67.3 Å². The Kier molecular flexibility index (Phi) is 4.78. The molecule has 9 nitrogen and oxygen atoms in total. The first-order chi connectivity index (χ1) is 15.5. The third kappa shape index (κ3) is 3.43. The van der Waals surface area contributed by atoms with E-state index in [4.69, 9.17) is 0 Å². The van der Waals surface area contributed by atoms with E-state index >= 15 is 0 Å². The highest BCUT2D eigenvalue weighted by atomic mass is 16.2. The number of carbonyl (C=O) groups excluding carboxylic acids is 1. The number of rotatable bonds is 5. The number of hydrogen-bond acceptors (Lipinski definition) is 5. The monoisotopic (exact) mass is 426 g/mol. The van der Waals surface area contributed by atoms with Crippen molar-refractivity contribution in [3.8, 4) is 16.9 Å². The highest BCUT2D eigenvalue weighted by molar-refractivity contribution is 5.93. The van der Waals surface area contributed by atoms with Crippen LogP contribution in [-0.2, 0) is 13.6 Å². The van der Waals surface area contributed by atoms with E-state index in [9.17, 15) is 4.79 Å². The molecule has 1 amide bonds. The Hall–Kier alpha value is -4.27. The quantitative estimate of drug-likeness (QED) is 0.431. The molecule has 0 saturated carbocycles. The van der Waals surface area contributed by atoms with E-state index in [1.165, 1.54) is 0 Å². The molecule has 4 heterocycles. The number of aromatic nitrogens is 7. The highest BCUT2D eigenvalue weighted by Crippen LogP contribution is 2.23. The van der Waals surface area contributed by atoms with Crippen molar-refractivity contribution in [1.29, 1.82) is 0 Å². The summed E-state index contributed by atoms with van der Waals surface area (Å²) in [4.78, 5) is 19.1. The average Bonchev–Trinajstić information content (AvgIpc) is 3.55. The number of nitrogens with zero attached hydrogens (tertiary/aromatic N) is 8. The smallest absolute Gasteiger partial charge is 0.274 e. The molecule has 5 rings (SSSR count). The van der Waals surface area contributed by atoms with Gasteiger partial charge in [-0.1, -0.05) is 12.1 Å². The van der Waals surface area contributed by atoms with Gasteiger partial charge in [0.15, 0.2) is 11.3 Å². The fraction of sp³-hybridized carbons (Fsp3) is 0.174. The molecular weight excluding hydrogens is 404 g/mol. The van der Waals surface area contributed by atoms with E-state index in [1.54, 1.807) is 45.8 Å². The predicted octanol–water partition coefficient (Wildman–Crippen LogP) is 2.90. The minimum Gasteiger partial charge on any atom is -0.336 e. The van der Waals surface area contributed by atoms with Gasteiger partial charge in [-0.15, -0.1) is 0 Å². The summed E-state index contributed by atoms with van der Waals surface area (Å²) in [7, 11) is 3.67. The van der Waals surface area contributed by atoms with E-state index in [-0.39, 0.29) is 5.91 Å². The molecule has 4 aromatic heterocycles. The topological polar surface area (TPSA) is 86.1 Å². The fourth-order valence-corrected chi connectivity index (χ4v) is 3.67. The van der Waals surface area contributed by atoms with Crippen LogP contribution in [0.25, 0.3) is 22.6 Å². The lowest BCUT2D eigenvalue weighted by atomic mass is 10.2. The van der Waals surface area contributed by atoms with Crippen LogP contribution in [0.1, 0.15) is 21.7 Å². The Bertz CT molecular complexity index is 1400. The Balaban J connectivity index is 1.38. The van der Waals surface area contributed by atoms with Gasteiger partial charge in [-0.25, -0.2) is 14.2 Å². The molecular formula is C23H22N8O. The number of carbonyl (C=O) groups is 1. The Morgan fingerprint density at radius 1 is 1.09 bits per heavy atom. The van der Waals surface area contributed by atoms with Gasteiger partial charge >= 0.3 is 0 Å². The van der Waals surface area contributed by atoms with E-state index in [0.29, 0.717) is 17.9 Å². The first kappa shape index (κ1) is 19.7. The van der Waals surface area contributed by atoms with Crippen LogP contribution in [0.4, 0.5) is 0 Å². The highest BCUT2D eigenvalue weighted by Gasteiger charge is 2.19. The molecule has 0 fully saturated rings. The average molecular weight is 426 g/mol. The van der Waals surface area contributed by atoms with Gasteiger partial charge in [0.2, 0.25) is 0 Å². The second-order valence-electron chi connectivity index (χ2n) is 7.68. The summed E-state index contributed by atoms with van der Waals surface area (Å²) in [6.07, 6.45) is 7.15. The second kappa shape index (κ2) is 7.77. The van der Waals surface area contributed by atoms with Crippen LogP contribution in [0.2, 0.25) is 0 Å². The molecule has 0 N–H and O–H groups in total. The van der Waals surface area contributed by atoms with E-state index in [1.807, 2.05) is 61.2 Å². The summed E-state index contributed by atoms with van der Waals surface area (Å²) in [5.41, 5.74) is 5.76. The lowest BCUT2D eigenvalue weighted by Crippen LogP contribution is -2.26. The van der Waals surface area contributed by atoms with Crippen LogP contribution in [0.5, 0.6) is 0 Å². The van der Waals surface area contributed by atoms with Crippen LogP contribution < -0.4 is 0 Å². The SMILES string of the molecule is Cc1c(-c2ccnc3cc(C(=O)N(C)Cc4ccc(-n5cccn5)cc4)nn23)cnn1C. The van der Waals surface area contributed by atoms with Crippen molar-refractivity contribution in [2.24, 2.45) is 7.05 Å². The van der Waals surface area contributed by atoms with Crippen molar-refractivity contribution in [3.63, 3.8) is 0 Å². The Labute approximate surface area is 184 Å². The van der Waals surface area contributed by atoms with Crippen molar-refractivity contribution in [2.45, 2.75) is 13.5 Å². The van der Waals surface area contributed by atoms with Gasteiger partial charge in [0.05, 0.1) is 17.6 Å². The molecule has 0 aliphatic carbocycles. The molecule has 32 heavy (non-hydrogen) atoms. The predicted molar refractivity (Wildman–Crippen MR) is 119 cm³/mol. The third-order valence-corrected chi connectivity index (χ3v) is 5.56. The van der Waals surface area contributed by atoms with Crippen molar-refractivity contribution >= 4 is 11.6 Å². The molecule has 0 unspecified atom stereocenters. The Morgan fingerprint density at radius 3 is 2.59 bits per heavy atom. The second-order valence-corrected chi connectivity index (χ2v) is 7.68. The zero-order valence-electron chi connectivity index (χ0n) is 18.0. The maximum Gasteiger partial charge on any atom is 0.274 e. The van der Waals surface area contributed by atoms with Gasteiger partial charge in [0.25, 0.3) is 5.91 Å². The summed E-state index contributed by atoms with van der Waals surface area (Å²) in [6.45, 7) is 2.46. The number of amides is 1. The van der Waals surface area contributed by atoms with Crippen molar-refractivity contribution in [1.82, 2.24) is 39.1 Å². The minimum atomic E-state index is -0.166. The molecule has 0 spiro atoms. The summed E-state index contributed by atoms with van der Waals surface area (Å²) >= 11 is 0. The first-order valence-electron chi connectivity index (χ1n) is 10.2. The van der Waals surface area contributed by atoms with Crippen molar-refractivity contribution < 1.29 is 4.79 Å². The van der Waals surface area contributed by atoms with Crippen LogP contribution >= 0.6 is 0 Å². The Morgan fingerprint density at radius 2 is 1.91 bits per heavy atom. The van der Waals surface area contributed by atoms with Gasteiger partial charge in [-0.05, 0) is 36.8 Å². The molecule has 5 aromatic rings. The zero-order chi connectivity index (χ0) is 22.2. The van der Waals surface area contributed by atoms with Crippen LogP contribution in [0.3, 0.4) is 0 Å². The first-order valence-corrected chi connectivity index (χ1v) is 10.2. The summed E-state index contributed by atoms with van der Waals surface area (Å²) in [6, 6.07) is 13.4. The van der Waals surface area contributed by atoms with Crippen LogP contribution in [-0.4, -0.2) is 52.0 Å². The number of fused-ring (bicyclic) bond motifs is 1. The number of benzene rings is 1. The number of hydrogen-bond donors (Lipinski definition) is 0. The van der Waals surface area contributed by atoms with Gasteiger partial charge in [0, 0.05) is 56.6 Å². The molecule has 9 heteroatoms. The molecule has 0 aliphatic rings. The van der Waals surface area contributed by atoms with Crippen LogP contribution in [0, 0.1) is 6.92 Å². The maximum absolute atomic E-state index is 13.1. The molecule has 160 valence electrons. The number of aryl methyl sites for hydroxylation is 1. The molecule has 0 saturated heterocycles. The molecule has 0 radical (unpaired) electrons. The molecule has 0 aliphatic heterocycles. The molecule has 1 aromatic carbocycles.